The van der Waals surface area contributed by atoms with Crippen LogP contribution >= 0.6 is 0 Å². The fourth-order valence-corrected chi connectivity index (χ4v) is 4.13. The van der Waals surface area contributed by atoms with E-state index in [1.165, 1.54) is 0 Å². The number of sulfonamides is 1. The zero-order valence-corrected chi connectivity index (χ0v) is 13.1. The van der Waals surface area contributed by atoms with Crippen molar-refractivity contribution >= 4 is 10.0 Å². The number of rotatable bonds is 3. The first-order valence-corrected chi connectivity index (χ1v) is 8.66. The standard InChI is InChI=1S/C14H15F6NO2S/c15-13(16,17)9-4-3-5-10(8-9)24(22,23)21-12-7-2-1-6-11(12)14(18,19)20/h3-5,8,11-12,21H,1-2,6-7H2. The fraction of sp³-hybridized carbons (Fsp3) is 0.571. The van der Waals surface area contributed by atoms with Gasteiger partial charge in [-0.3, -0.25) is 0 Å². The van der Waals surface area contributed by atoms with Gasteiger partial charge < -0.3 is 0 Å². The molecule has 0 amide bonds. The molecular formula is C14H15F6NO2S. The van der Waals surface area contributed by atoms with Gasteiger partial charge in [-0.25, -0.2) is 13.1 Å². The number of nitrogens with one attached hydrogen (secondary N) is 1. The van der Waals surface area contributed by atoms with E-state index in [0.717, 1.165) is 12.1 Å². The van der Waals surface area contributed by atoms with Crippen LogP contribution < -0.4 is 4.72 Å². The third kappa shape index (κ3) is 4.41. The van der Waals surface area contributed by atoms with Gasteiger partial charge in [-0.1, -0.05) is 18.9 Å². The lowest BCUT2D eigenvalue weighted by molar-refractivity contribution is -0.187. The minimum Gasteiger partial charge on any atom is -0.207 e. The van der Waals surface area contributed by atoms with Gasteiger partial charge in [0.15, 0.2) is 0 Å². The molecule has 3 nitrogen and oxygen atoms in total. The minimum absolute atomic E-state index is 0.0115. The van der Waals surface area contributed by atoms with Gasteiger partial charge in [-0.15, -0.1) is 0 Å². The summed E-state index contributed by atoms with van der Waals surface area (Å²) in [5.74, 6) is -1.84. The Morgan fingerprint density at radius 3 is 2.21 bits per heavy atom. The number of hydrogen-bond donors (Lipinski definition) is 1. The molecule has 0 radical (unpaired) electrons. The summed E-state index contributed by atoms with van der Waals surface area (Å²) in [6.45, 7) is 0. The molecule has 2 rings (SSSR count). The highest BCUT2D eigenvalue weighted by molar-refractivity contribution is 7.89. The van der Waals surface area contributed by atoms with E-state index in [1.54, 1.807) is 0 Å². The van der Waals surface area contributed by atoms with Crippen molar-refractivity contribution in [2.75, 3.05) is 0 Å². The second-order valence-corrected chi connectivity index (χ2v) is 7.40. The average Bonchev–Trinajstić information content (AvgIpc) is 2.45. The van der Waals surface area contributed by atoms with Gasteiger partial charge in [0.2, 0.25) is 10.0 Å². The van der Waals surface area contributed by atoms with E-state index in [9.17, 15) is 34.8 Å². The van der Waals surface area contributed by atoms with E-state index in [0.29, 0.717) is 25.0 Å². The lowest BCUT2D eigenvalue weighted by Crippen LogP contribution is -2.47. The lowest BCUT2D eigenvalue weighted by atomic mass is 9.85. The Kier molecular flexibility index (Phi) is 5.19. The third-order valence-corrected chi connectivity index (χ3v) is 5.45. The Bertz CT molecular complexity index is 683. The Morgan fingerprint density at radius 2 is 1.62 bits per heavy atom. The molecule has 1 fully saturated rings. The van der Waals surface area contributed by atoms with Crippen LogP contribution in [-0.2, 0) is 16.2 Å². The molecule has 0 bridgehead atoms. The van der Waals surface area contributed by atoms with Gasteiger partial charge in [0.05, 0.1) is 16.4 Å². The Labute approximate surface area is 135 Å². The first-order valence-electron chi connectivity index (χ1n) is 7.17. The predicted molar refractivity (Wildman–Crippen MR) is 73.6 cm³/mol. The van der Waals surface area contributed by atoms with Gasteiger partial charge in [-0.2, -0.15) is 26.3 Å². The molecule has 1 aliphatic carbocycles. The Morgan fingerprint density at radius 1 is 1.00 bits per heavy atom. The molecule has 24 heavy (non-hydrogen) atoms. The highest BCUT2D eigenvalue weighted by Crippen LogP contribution is 2.38. The van der Waals surface area contributed by atoms with Crippen molar-refractivity contribution in [3.8, 4) is 0 Å². The van der Waals surface area contributed by atoms with Crippen molar-refractivity contribution in [1.29, 1.82) is 0 Å². The predicted octanol–water partition coefficient (Wildman–Crippen LogP) is 4.10. The molecule has 0 saturated heterocycles. The molecule has 10 heteroatoms. The maximum atomic E-state index is 13.0. The van der Waals surface area contributed by atoms with Crippen molar-refractivity contribution in [2.24, 2.45) is 5.92 Å². The normalized spacial score (nSPS) is 23.2. The molecule has 0 aromatic heterocycles. The second kappa shape index (κ2) is 6.55. The molecule has 0 aliphatic heterocycles. The van der Waals surface area contributed by atoms with Crippen molar-refractivity contribution < 1.29 is 34.8 Å². The average molecular weight is 375 g/mol. The summed E-state index contributed by atoms with van der Waals surface area (Å²) in [6, 6.07) is 1.55. The van der Waals surface area contributed by atoms with Crippen molar-refractivity contribution in [2.45, 2.75) is 49.0 Å². The van der Waals surface area contributed by atoms with E-state index in [-0.39, 0.29) is 12.8 Å². The summed E-state index contributed by atoms with van der Waals surface area (Å²) in [6.07, 6.45) is -8.79. The maximum Gasteiger partial charge on any atom is 0.416 e. The van der Waals surface area contributed by atoms with E-state index >= 15 is 0 Å². The summed E-state index contributed by atoms with van der Waals surface area (Å²) in [7, 11) is -4.49. The van der Waals surface area contributed by atoms with Crippen LogP contribution in [0.2, 0.25) is 0 Å². The molecule has 1 aromatic rings. The van der Waals surface area contributed by atoms with Crippen LogP contribution in [-0.4, -0.2) is 20.6 Å². The highest BCUT2D eigenvalue weighted by Gasteiger charge is 2.46. The zero-order chi connectivity index (χ0) is 18.2. The van der Waals surface area contributed by atoms with Crippen molar-refractivity contribution in [3.05, 3.63) is 29.8 Å². The maximum absolute atomic E-state index is 13.0. The minimum atomic E-state index is -4.75. The van der Waals surface area contributed by atoms with Crippen molar-refractivity contribution in [1.82, 2.24) is 4.72 Å². The van der Waals surface area contributed by atoms with Crippen molar-refractivity contribution in [3.63, 3.8) is 0 Å². The highest BCUT2D eigenvalue weighted by atomic mass is 32.2. The molecule has 136 valence electrons. The SMILES string of the molecule is O=S(=O)(NC1CCCCC1C(F)(F)F)c1cccc(C(F)(F)F)c1. The molecule has 0 spiro atoms. The van der Waals surface area contributed by atoms with E-state index in [1.807, 2.05) is 4.72 Å². The van der Waals surface area contributed by atoms with Gasteiger partial charge in [0.25, 0.3) is 0 Å². The molecule has 2 unspecified atom stereocenters. The summed E-state index contributed by atoms with van der Waals surface area (Å²) in [5, 5.41) is 0. The van der Waals surface area contributed by atoms with Crippen LogP contribution in [0.3, 0.4) is 0 Å². The van der Waals surface area contributed by atoms with Crippen LogP contribution in [0.5, 0.6) is 0 Å². The quantitative estimate of drug-likeness (QED) is 0.809. The van der Waals surface area contributed by atoms with Crippen LogP contribution in [0.15, 0.2) is 29.2 Å². The summed E-state index contributed by atoms with van der Waals surface area (Å²) >= 11 is 0. The lowest BCUT2D eigenvalue weighted by Gasteiger charge is -2.33. The smallest absolute Gasteiger partial charge is 0.207 e. The van der Waals surface area contributed by atoms with Gasteiger partial charge in [0.1, 0.15) is 0 Å². The number of alkyl halides is 6. The van der Waals surface area contributed by atoms with Crippen LogP contribution in [0.1, 0.15) is 31.2 Å². The van der Waals surface area contributed by atoms with Crippen LogP contribution in [0.25, 0.3) is 0 Å². The van der Waals surface area contributed by atoms with Gasteiger partial charge >= 0.3 is 12.4 Å². The zero-order valence-electron chi connectivity index (χ0n) is 12.3. The van der Waals surface area contributed by atoms with Crippen LogP contribution in [0, 0.1) is 5.92 Å². The molecule has 1 N–H and O–H groups in total. The second-order valence-electron chi connectivity index (χ2n) is 5.69. The summed E-state index contributed by atoms with van der Waals surface area (Å²) < 4.78 is 103. The van der Waals surface area contributed by atoms with Gasteiger partial charge in [-0.05, 0) is 31.0 Å². The van der Waals surface area contributed by atoms with Crippen LogP contribution in [0.4, 0.5) is 26.3 Å². The van der Waals surface area contributed by atoms with E-state index in [4.69, 9.17) is 0 Å². The molecule has 1 aliphatic rings. The van der Waals surface area contributed by atoms with E-state index in [2.05, 4.69) is 0 Å². The Hall–Kier alpha value is -1.29. The fourth-order valence-electron chi connectivity index (χ4n) is 2.77. The summed E-state index contributed by atoms with van der Waals surface area (Å²) in [5.41, 5.74) is -1.18. The summed E-state index contributed by atoms with van der Waals surface area (Å²) in [4.78, 5) is -0.705. The van der Waals surface area contributed by atoms with E-state index < -0.39 is 44.8 Å². The Balaban J connectivity index is 2.27. The number of benzene rings is 1. The largest absolute Gasteiger partial charge is 0.416 e. The number of halogens is 6. The molecule has 1 saturated carbocycles. The number of hydrogen-bond acceptors (Lipinski definition) is 2. The third-order valence-electron chi connectivity index (χ3n) is 3.96. The van der Waals surface area contributed by atoms with Gasteiger partial charge in [0, 0.05) is 6.04 Å². The molecule has 1 aromatic carbocycles. The molecule has 0 heterocycles. The topological polar surface area (TPSA) is 46.2 Å². The molecule has 2 atom stereocenters. The molecular weight excluding hydrogens is 360 g/mol. The first-order chi connectivity index (χ1) is 10.9. The first kappa shape index (κ1) is 19.0. The monoisotopic (exact) mass is 375 g/mol.